The van der Waals surface area contributed by atoms with E-state index >= 15 is 0 Å². The molecule has 0 rings (SSSR count). The van der Waals surface area contributed by atoms with Gasteiger partial charge in [0, 0.05) is 41.7 Å². The van der Waals surface area contributed by atoms with E-state index in [1.165, 1.54) is 0 Å². The minimum atomic E-state index is 0. The van der Waals surface area contributed by atoms with Crippen molar-refractivity contribution in [1.29, 1.82) is 0 Å². The summed E-state index contributed by atoms with van der Waals surface area (Å²) in [5, 5.41) is 0. The maximum absolute atomic E-state index is 0. The molecule has 0 fully saturated rings. The molecule has 22 valence electrons. The zero-order valence-corrected chi connectivity index (χ0v) is 8.38. The Bertz CT molecular complexity index is 8.00. The molecule has 0 amide bonds. The van der Waals surface area contributed by atoms with Gasteiger partial charge in [0.15, 0.2) is 0 Å². The number of hydrogen-bond acceptors (Lipinski definition) is 0. The van der Waals surface area contributed by atoms with E-state index in [1.807, 2.05) is 0 Å². The maximum atomic E-state index is 0. The molecule has 4 heteroatoms. The minimum absolute atomic E-state index is 0. The summed E-state index contributed by atoms with van der Waals surface area (Å²) in [4.78, 5) is 0. The Hall–Kier alpha value is 3.68. The van der Waals surface area contributed by atoms with Crippen LogP contribution in [0, 0.1) is 41.7 Å². The molecule has 0 unspecified atom stereocenters. The molecule has 0 N–H and O–H groups in total. The molecule has 0 heterocycles. The van der Waals surface area contributed by atoms with Crippen LogP contribution in [0.5, 0.6) is 0 Å². The van der Waals surface area contributed by atoms with E-state index in [9.17, 15) is 0 Å². The summed E-state index contributed by atoms with van der Waals surface area (Å²) in [5.74, 6) is 0. The van der Waals surface area contributed by atoms with Crippen molar-refractivity contribution in [2.24, 2.45) is 0 Å². The van der Waals surface area contributed by atoms with Gasteiger partial charge in [0.25, 0.3) is 0 Å². The number of rotatable bonds is 0. The van der Waals surface area contributed by atoms with Crippen molar-refractivity contribution in [3.05, 3.63) is 0 Å². The van der Waals surface area contributed by atoms with Crippen LogP contribution in [0.4, 0.5) is 0 Å². The van der Waals surface area contributed by atoms with Crippen LogP contribution < -0.4 is 0 Å². The van der Waals surface area contributed by atoms with E-state index in [1.54, 1.807) is 0 Å². The quantitative estimate of drug-likeness (QED) is 0.339. The molecule has 2 radical (unpaired) electrons. The van der Waals surface area contributed by atoms with Gasteiger partial charge in [-0.1, -0.05) is 0 Å². The third kappa shape index (κ3) is 9.19. The third-order valence-electron chi connectivity index (χ3n) is 0. The Morgan fingerprint density at radius 1 is 1.00 bits per heavy atom. The Labute approximate surface area is 108 Å². The molecule has 0 saturated carbocycles. The average molecular weight is 451 g/mol. The van der Waals surface area contributed by atoms with Crippen molar-refractivity contribution >= 4 is 69.5 Å². The molecule has 0 aliphatic carbocycles. The Kier molecular flexibility index (Phi) is 101. The van der Waals surface area contributed by atoms with Crippen molar-refractivity contribution < 1.29 is 41.7 Å². The van der Waals surface area contributed by atoms with Gasteiger partial charge in [-0.15, -0.1) is 0 Å². The summed E-state index contributed by atoms with van der Waals surface area (Å²) in [7, 11) is 0. The standard InChI is InChI=1S/Ce.Ga.In.Sn.8H. The van der Waals surface area contributed by atoms with Crippen LogP contribution in [0.1, 0.15) is 0 Å². The van der Waals surface area contributed by atoms with Gasteiger partial charge in [0.2, 0.25) is 0 Å². The summed E-state index contributed by atoms with van der Waals surface area (Å²) in [5.41, 5.74) is 0. The van der Waals surface area contributed by atoms with Crippen molar-refractivity contribution in [3.63, 3.8) is 0 Å². The molecule has 0 spiro atoms. The van der Waals surface area contributed by atoms with Crippen LogP contribution in [0.25, 0.3) is 0 Å². The summed E-state index contributed by atoms with van der Waals surface area (Å²) in [6.45, 7) is 0. The first kappa shape index (κ1) is 25.3. The van der Waals surface area contributed by atoms with Gasteiger partial charge in [-0.25, -0.2) is 0 Å². The summed E-state index contributed by atoms with van der Waals surface area (Å²) in [6.07, 6.45) is 0. The Balaban J connectivity index is 0. The monoisotopic (exact) mass is 452 g/mol. The van der Waals surface area contributed by atoms with Gasteiger partial charge in [-0.2, -0.15) is 0 Å². The molecule has 0 nitrogen and oxygen atoms in total. The fourth-order valence-corrected chi connectivity index (χ4v) is 0. The first-order chi connectivity index (χ1) is 0. The summed E-state index contributed by atoms with van der Waals surface area (Å²) < 4.78 is 0. The van der Waals surface area contributed by atoms with Crippen molar-refractivity contribution in [2.75, 3.05) is 0 Å². The predicted octanol–water partition coefficient (Wildman–Crippen LogP) is -3.28. The van der Waals surface area contributed by atoms with Crippen molar-refractivity contribution in [1.82, 2.24) is 0 Å². The van der Waals surface area contributed by atoms with Gasteiger partial charge in [0.05, 0.1) is 0 Å². The molecule has 0 bridgehead atoms. The first-order valence-corrected chi connectivity index (χ1v) is 0. The molecular weight excluding hydrogens is 443 g/mol. The van der Waals surface area contributed by atoms with E-state index in [2.05, 4.69) is 0 Å². The van der Waals surface area contributed by atoms with E-state index < -0.39 is 0 Å². The van der Waals surface area contributed by atoms with E-state index in [0.29, 0.717) is 0 Å². The molecule has 4 heavy (non-hydrogen) atoms. The van der Waals surface area contributed by atoms with Gasteiger partial charge < -0.3 is 0 Å². The number of hydrogen-bond donors (Lipinski definition) is 0. The molecular formula is H8CeGaInSn. The van der Waals surface area contributed by atoms with Crippen LogP contribution in [0.15, 0.2) is 0 Å². The topological polar surface area (TPSA) is 0 Å². The fraction of sp³-hybridized carbons (Fsp3) is 0. The van der Waals surface area contributed by atoms with Crippen molar-refractivity contribution in [2.45, 2.75) is 0 Å². The van der Waals surface area contributed by atoms with Gasteiger partial charge in [-0.3, -0.25) is 0 Å². The van der Waals surface area contributed by atoms with Crippen LogP contribution >= 0.6 is 0 Å². The van der Waals surface area contributed by atoms with Gasteiger partial charge >= 0.3 is 69.5 Å². The molecule has 0 aromatic rings. The normalized spacial score (nSPS) is 0. The molecule has 0 aromatic heterocycles. The van der Waals surface area contributed by atoms with Crippen LogP contribution in [0.3, 0.4) is 0 Å². The van der Waals surface area contributed by atoms with Crippen LogP contribution in [0.2, 0.25) is 0 Å². The van der Waals surface area contributed by atoms with Gasteiger partial charge in [0.1, 0.15) is 0 Å². The second-order valence-electron chi connectivity index (χ2n) is 0. The SMILES string of the molecule is [Ce].[GaH3].[InH3].[SnH2]. The predicted molar refractivity (Wildman–Crippen MR) is 28.4 cm³/mol. The Morgan fingerprint density at radius 3 is 1.00 bits per heavy atom. The first-order valence-electron chi connectivity index (χ1n) is 0. The zero-order chi connectivity index (χ0) is 0. The fourth-order valence-electron chi connectivity index (χ4n) is 0. The molecule has 0 atom stereocenters. The van der Waals surface area contributed by atoms with Crippen molar-refractivity contribution in [3.8, 4) is 0 Å². The molecule has 0 aromatic carbocycles. The zero-order valence-electron chi connectivity index (χ0n) is 1.21. The van der Waals surface area contributed by atoms with E-state index in [0.717, 1.165) is 0 Å². The van der Waals surface area contributed by atoms with Crippen LogP contribution in [-0.2, 0) is 0 Å². The summed E-state index contributed by atoms with van der Waals surface area (Å²) >= 11 is 0. The van der Waals surface area contributed by atoms with Gasteiger partial charge in [-0.05, 0) is 0 Å². The third-order valence-corrected chi connectivity index (χ3v) is 0. The summed E-state index contributed by atoms with van der Waals surface area (Å²) in [6, 6.07) is 0. The van der Waals surface area contributed by atoms with Crippen LogP contribution in [-0.4, -0.2) is 69.5 Å². The molecule has 0 saturated heterocycles. The average Bonchev–Trinajstić information content (AvgIpc) is 0. The second-order valence-corrected chi connectivity index (χ2v) is 0. The van der Waals surface area contributed by atoms with E-state index in [-0.39, 0.29) is 111 Å². The molecule has 0 aliphatic heterocycles. The Morgan fingerprint density at radius 2 is 1.00 bits per heavy atom. The second kappa shape index (κ2) is 15.9. The van der Waals surface area contributed by atoms with E-state index in [4.69, 9.17) is 0 Å². The molecule has 0 aliphatic rings.